The number of benzene rings is 1. The van der Waals surface area contributed by atoms with Gasteiger partial charge in [0.1, 0.15) is 15.7 Å². The van der Waals surface area contributed by atoms with Gasteiger partial charge in [-0.25, -0.2) is 13.2 Å². The van der Waals surface area contributed by atoms with E-state index >= 15 is 0 Å². The van der Waals surface area contributed by atoms with E-state index in [2.05, 4.69) is 0 Å². The number of esters is 1. The molecular weight excluding hydrogens is 351 g/mol. The van der Waals surface area contributed by atoms with E-state index in [1.807, 2.05) is 0 Å². The molecule has 0 spiro atoms. The number of halogens is 3. The summed E-state index contributed by atoms with van der Waals surface area (Å²) in [7, 11) is 1.24. The first-order valence-corrected chi connectivity index (χ1v) is 8.61. The Morgan fingerprint density at radius 1 is 1.45 bits per heavy atom. The Hall–Kier alpha value is -0.690. The molecule has 0 aromatic heterocycles. The summed E-state index contributed by atoms with van der Waals surface area (Å²) < 4.78 is 33.0. The lowest BCUT2D eigenvalue weighted by Gasteiger charge is -2.10. The first kappa shape index (κ1) is 15.7. The molecule has 0 saturated carbocycles. The topological polar surface area (TPSA) is 69.7 Å². The van der Waals surface area contributed by atoms with Crippen LogP contribution in [0.5, 0.6) is 5.75 Å². The molecule has 1 heterocycles. The molecule has 1 atom stereocenters. The molecule has 0 bridgehead atoms. The van der Waals surface area contributed by atoms with E-state index in [4.69, 9.17) is 43.4 Å². The molecule has 0 saturated heterocycles. The van der Waals surface area contributed by atoms with Gasteiger partial charge in [-0.1, -0.05) is 23.2 Å². The molecular formula is C11H9Cl3O5S. The Balaban J connectivity index is 2.43. The van der Waals surface area contributed by atoms with Gasteiger partial charge in [-0.2, -0.15) is 0 Å². The van der Waals surface area contributed by atoms with E-state index in [1.54, 1.807) is 6.92 Å². The molecule has 20 heavy (non-hydrogen) atoms. The van der Waals surface area contributed by atoms with Gasteiger partial charge < -0.3 is 9.47 Å². The van der Waals surface area contributed by atoms with Gasteiger partial charge in [0.25, 0.3) is 9.05 Å². The summed E-state index contributed by atoms with van der Waals surface area (Å²) in [6, 6.07) is 1.26. The molecule has 110 valence electrons. The van der Waals surface area contributed by atoms with Crippen molar-refractivity contribution in [2.24, 2.45) is 0 Å². The van der Waals surface area contributed by atoms with Crippen molar-refractivity contribution in [3.05, 3.63) is 21.7 Å². The van der Waals surface area contributed by atoms with Crippen LogP contribution in [0, 0.1) is 0 Å². The minimum Gasteiger partial charge on any atom is -0.476 e. The molecule has 0 aliphatic carbocycles. The van der Waals surface area contributed by atoms with Gasteiger partial charge in [-0.05, 0) is 13.0 Å². The van der Waals surface area contributed by atoms with E-state index in [9.17, 15) is 13.2 Å². The number of hydrogen-bond donors (Lipinski definition) is 0. The maximum atomic E-state index is 11.6. The van der Waals surface area contributed by atoms with Crippen molar-refractivity contribution in [3.8, 4) is 5.75 Å². The predicted molar refractivity (Wildman–Crippen MR) is 74.3 cm³/mol. The van der Waals surface area contributed by atoms with E-state index in [0.29, 0.717) is 5.56 Å². The quantitative estimate of drug-likeness (QED) is 0.613. The van der Waals surface area contributed by atoms with Crippen molar-refractivity contribution in [3.63, 3.8) is 0 Å². The highest BCUT2D eigenvalue weighted by Gasteiger charge is 2.35. The molecule has 1 aromatic rings. The standard InChI is InChI=1S/C11H9Cl3O5S/c1-2-18-11(15)6-3-5-4-7(20(14,16)17)8(12)9(13)10(5)19-6/h4,6H,2-3H2,1H3. The van der Waals surface area contributed by atoms with Crippen LogP contribution in [0.1, 0.15) is 12.5 Å². The Morgan fingerprint density at radius 3 is 2.65 bits per heavy atom. The minimum absolute atomic E-state index is 0.0878. The van der Waals surface area contributed by atoms with E-state index < -0.39 is 21.1 Å². The van der Waals surface area contributed by atoms with E-state index in [-0.39, 0.29) is 33.7 Å². The molecule has 1 aliphatic rings. The SMILES string of the molecule is CCOC(=O)C1Cc2cc(S(=O)(=O)Cl)c(Cl)c(Cl)c2O1. The normalized spacial score (nSPS) is 17.5. The van der Waals surface area contributed by atoms with Crippen LogP contribution in [0.2, 0.25) is 10.0 Å². The number of ether oxygens (including phenoxy) is 2. The summed E-state index contributed by atoms with van der Waals surface area (Å²) in [5.74, 6) is -0.370. The Morgan fingerprint density at radius 2 is 2.10 bits per heavy atom. The number of carbonyl (C=O) groups is 1. The van der Waals surface area contributed by atoms with Crippen molar-refractivity contribution >= 4 is 48.9 Å². The molecule has 0 fully saturated rings. The summed E-state index contributed by atoms with van der Waals surface area (Å²) >= 11 is 11.8. The van der Waals surface area contributed by atoms with Crippen LogP contribution >= 0.6 is 33.9 Å². The summed E-state index contributed by atoms with van der Waals surface area (Å²) in [6.07, 6.45) is -0.725. The van der Waals surface area contributed by atoms with Crippen molar-refractivity contribution in [2.45, 2.75) is 24.3 Å². The van der Waals surface area contributed by atoms with Gasteiger partial charge in [-0.3, -0.25) is 0 Å². The maximum absolute atomic E-state index is 11.6. The van der Waals surface area contributed by atoms with Gasteiger partial charge >= 0.3 is 5.97 Å². The van der Waals surface area contributed by atoms with Crippen LogP contribution in [0.15, 0.2) is 11.0 Å². The lowest BCUT2D eigenvalue weighted by Crippen LogP contribution is -2.27. The number of hydrogen-bond acceptors (Lipinski definition) is 5. The molecule has 1 aliphatic heterocycles. The van der Waals surface area contributed by atoms with Gasteiger partial charge in [-0.15, -0.1) is 0 Å². The molecule has 2 rings (SSSR count). The van der Waals surface area contributed by atoms with Crippen LogP contribution in [0.25, 0.3) is 0 Å². The highest BCUT2D eigenvalue weighted by Crippen LogP contribution is 2.44. The average Bonchev–Trinajstić information content (AvgIpc) is 2.77. The lowest BCUT2D eigenvalue weighted by molar-refractivity contribution is -0.150. The fourth-order valence-corrected chi connectivity index (χ4v) is 3.69. The van der Waals surface area contributed by atoms with Gasteiger partial charge in [0, 0.05) is 22.7 Å². The molecule has 0 amide bonds. The van der Waals surface area contributed by atoms with E-state index in [0.717, 1.165) is 0 Å². The summed E-state index contributed by atoms with van der Waals surface area (Å²) in [5, 5.41) is -0.319. The lowest BCUT2D eigenvalue weighted by atomic mass is 10.1. The zero-order chi connectivity index (χ0) is 15.1. The van der Waals surface area contributed by atoms with Crippen LogP contribution in [0.3, 0.4) is 0 Å². The van der Waals surface area contributed by atoms with Crippen LogP contribution in [-0.4, -0.2) is 27.1 Å². The van der Waals surface area contributed by atoms with Crippen molar-refractivity contribution in [1.29, 1.82) is 0 Å². The zero-order valence-electron chi connectivity index (χ0n) is 10.2. The number of rotatable bonds is 3. The first-order valence-electron chi connectivity index (χ1n) is 5.54. The molecule has 0 radical (unpaired) electrons. The smallest absolute Gasteiger partial charge is 0.347 e. The molecule has 9 heteroatoms. The number of carbonyl (C=O) groups excluding carboxylic acids is 1. The number of fused-ring (bicyclic) bond motifs is 1. The van der Waals surface area contributed by atoms with Crippen LogP contribution in [-0.2, 0) is 25.0 Å². The fourth-order valence-electron chi connectivity index (χ4n) is 1.84. The van der Waals surface area contributed by atoms with Crippen LogP contribution < -0.4 is 4.74 Å². The summed E-state index contributed by atoms with van der Waals surface area (Å²) in [5.41, 5.74) is 0.441. The second-order valence-electron chi connectivity index (χ2n) is 3.99. The molecule has 1 aromatic carbocycles. The third kappa shape index (κ3) is 2.83. The third-order valence-corrected chi connectivity index (χ3v) is 4.99. The largest absolute Gasteiger partial charge is 0.476 e. The highest BCUT2D eigenvalue weighted by atomic mass is 35.7. The van der Waals surface area contributed by atoms with Gasteiger partial charge in [0.15, 0.2) is 6.10 Å². The minimum atomic E-state index is -4.04. The van der Waals surface area contributed by atoms with Gasteiger partial charge in [0.2, 0.25) is 0 Å². The third-order valence-electron chi connectivity index (χ3n) is 2.68. The predicted octanol–water partition coefficient (Wildman–Crippen LogP) is 2.79. The van der Waals surface area contributed by atoms with Crippen molar-refractivity contribution in [2.75, 3.05) is 6.61 Å². The summed E-state index contributed by atoms with van der Waals surface area (Å²) in [6.45, 7) is 1.88. The molecule has 5 nitrogen and oxygen atoms in total. The van der Waals surface area contributed by atoms with Gasteiger partial charge in [0.05, 0.1) is 11.6 Å². The Labute approximate surface area is 130 Å². The Bertz CT molecular complexity index is 671. The molecule has 1 unspecified atom stereocenters. The van der Waals surface area contributed by atoms with E-state index in [1.165, 1.54) is 6.07 Å². The first-order chi connectivity index (χ1) is 9.25. The molecule has 0 N–H and O–H groups in total. The Kier molecular flexibility index (Phi) is 4.39. The maximum Gasteiger partial charge on any atom is 0.347 e. The second kappa shape index (κ2) is 5.60. The second-order valence-corrected chi connectivity index (χ2v) is 7.28. The summed E-state index contributed by atoms with van der Waals surface area (Å²) in [4.78, 5) is 11.3. The average molecular weight is 360 g/mol. The van der Waals surface area contributed by atoms with Crippen LogP contribution in [0.4, 0.5) is 0 Å². The van der Waals surface area contributed by atoms with Crippen molar-refractivity contribution < 1.29 is 22.7 Å². The monoisotopic (exact) mass is 358 g/mol. The van der Waals surface area contributed by atoms with Crippen molar-refractivity contribution in [1.82, 2.24) is 0 Å². The fraction of sp³-hybridized carbons (Fsp3) is 0.364. The highest BCUT2D eigenvalue weighted by molar-refractivity contribution is 8.13. The zero-order valence-corrected chi connectivity index (χ0v) is 13.2.